The SMILES string of the molecule is Cc1cc(C)c(C#N)c(N[C@@H](C)c2ccccc2)n1. The normalized spacial score (nSPS) is 11.7. The summed E-state index contributed by atoms with van der Waals surface area (Å²) in [7, 11) is 0. The summed E-state index contributed by atoms with van der Waals surface area (Å²) in [5.41, 5.74) is 3.66. The monoisotopic (exact) mass is 251 g/mol. The van der Waals surface area contributed by atoms with Crippen LogP contribution in [-0.2, 0) is 0 Å². The molecule has 0 saturated heterocycles. The molecule has 96 valence electrons. The summed E-state index contributed by atoms with van der Waals surface area (Å²) >= 11 is 0. The number of anilines is 1. The Kier molecular flexibility index (Phi) is 3.82. The van der Waals surface area contributed by atoms with Crippen molar-refractivity contribution in [3.05, 3.63) is 58.8 Å². The van der Waals surface area contributed by atoms with Crippen molar-refractivity contribution in [3.8, 4) is 6.07 Å². The lowest BCUT2D eigenvalue weighted by Gasteiger charge is -2.17. The molecule has 0 spiro atoms. The number of aryl methyl sites for hydroxylation is 2. The van der Waals surface area contributed by atoms with Crippen LogP contribution in [0.15, 0.2) is 36.4 Å². The highest BCUT2D eigenvalue weighted by Gasteiger charge is 2.12. The minimum Gasteiger partial charge on any atom is -0.362 e. The molecule has 0 aliphatic rings. The zero-order valence-electron chi connectivity index (χ0n) is 11.4. The Balaban J connectivity index is 2.32. The molecule has 1 atom stereocenters. The van der Waals surface area contributed by atoms with E-state index in [2.05, 4.69) is 35.4 Å². The molecule has 19 heavy (non-hydrogen) atoms. The second-order valence-electron chi connectivity index (χ2n) is 4.69. The Hall–Kier alpha value is -2.34. The van der Waals surface area contributed by atoms with Crippen LogP contribution in [0.1, 0.15) is 35.3 Å². The van der Waals surface area contributed by atoms with Gasteiger partial charge in [0.25, 0.3) is 0 Å². The van der Waals surface area contributed by atoms with Crippen molar-refractivity contribution in [1.82, 2.24) is 4.98 Å². The van der Waals surface area contributed by atoms with Crippen LogP contribution >= 0.6 is 0 Å². The summed E-state index contributed by atoms with van der Waals surface area (Å²) in [6.07, 6.45) is 0. The Labute approximate surface area is 113 Å². The van der Waals surface area contributed by atoms with E-state index in [1.165, 1.54) is 5.56 Å². The zero-order chi connectivity index (χ0) is 13.8. The maximum atomic E-state index is 9.24. The van der Waals surface area contributed by atoms with Gasteiger partial charge in [-0.05, 0) is 38.0 Å². The maximum absolute atomic E-state index is 9.24. The number of hydrogen-bond donors (Lipinski definition) is 1. The van der Waals surface area contributed by atoms with E-state index < -0.39 is 0 Å². The molecular formula is C16H17N3. The van der Waals surface area contributed by atoms with Gasteiger partial charge in [0.2, 0.25) is 0 Å². The number of aromatic nitrogens is 1. The Morgan fingerprint density at radius 2 is 1.89 bits per heavy atom. The maximum Gasteiger partial charge on any atom is 0.144 e. The fourth-order valence-electron chi connectivity index (χ4n) is 2.11. The Morgan fingerprint density at radius 3 is 2.53 bits per heavy atom. The van der Waals surface area contributed by atoms with Gasteiger partial charge in [0.05, 0.1) is 5.56 Å². The number of nitrogens with one attached hydrogen (secondary N) is 1. The van der Waals surface area contributed by atoms with E-state index >= 15 is 0 Å². The van der Waals surface area contributed by atoms with Gasteiger partial charge in [0.15, 0.2) is 0 Å². The van der Waals surface area contributed by atoms with Gasteiger partial charge in [-0.15, -0.1) is 0 Å². The van der Waals surface area contributed by atoms with Crippen molar-refractivity contribution >= 4 is 5.82 Å². The number of nitriles is 1. The van der Waals surface area contributed by atoms with Crippen LogP contribution in [0.4, 0.5) is 5.82 Å². The van der Waals surface area contributed by atoms with Gasteiger partial charge in [0.1, 0.15) is 11.9 Å². The number of hydrogen-bond acceptors (Lipinski definition) is 3. The first-order chi connectivity index (χ1) is 9.11. The molecule has 0 bridgehead atoms. The van der Waals surface area contributed by atoms with Gasteiger partial charge in [-0.3, -0.25) is 0 Å². The number of nitrogens with zero attached hydrogens (tertiary/aromatic N) is 2. The third-order valence-electron chi connectivity index (χ3n) is 3.11. The van der Waals surface area contributed by atoms with Crippen molar-refractivity contribution < 1.29 is 0 Å². The van der Waals surface area contributed by atoms with Crippen molar-refractivity contribution in [2.24, 2.45) is 0 Å². The minimum absolute atomic E-state index is 0.113. The van der Waals surface area contributed by atoms with Crippen LogP contribution in [0, 0.1) is 25.2 Å². The number of pyridine rings is 1. The van der Waals surface area contributed by atoms with E-state index in [0.29, 0.717) is 11.4 Å². The van der Waals surface area contributed by atoms with Crippen LogP contribution in [0.25, 0.3) is 0 Å². The van der Waals surface area contributed by atoms with Gasteiger partial charge in [-0.2, -0.15) is 5.26 Å². The fraction of sp³-hybridized carbons (Fsp3) is 0.250. The Bertz CT molecular complexity index is 612. The average Bonchev–Trinajstić information content (AvgIpc) is 2.39. The molecule has 3 heteroatoms. The van der Waals surface area contributed by atoms with E-state index in [1.807, 2.05) is 38.1 Å². The van der Waals surface area contributed by atoms with E-state index in [0.717, 1.165) is 11.3 Å². The summed E-state index contributed by atoms with van der Waals surface area (Å²) in [4.78, 5) is 4.44. The van der Waals surface area contributed by atoms with Crippen molar-refractivity contribution in [1.29, 1.82) is 5.26 Å². The second-order valence-corrected chi connectivity index (χ2v) is 4.69. The molecule has 1 N–H and O–H groups in total. The van der Waals surface area contributed by atoms with Crippen molar-refractivity contribution in [2.45, 2.75) is 26.8 Å². The molecule has 0 aliphatic heterocycles. The van der Waals surface area contributed by atoms with Crippen LogP contribution in [0.2, 0.25) is 0 Å². The van der Waals surface area contributed by atoms with E-state index in [9.17, 15) is 5.26 Å². The van der Waals surface area contributed by atoms with Crippen LogP contribution in [0.3, 0.4) is 0 Å². The topological polar surface area (TPSA) is 48.7 Å². The molecule has 3 nitrogen and oxygen atoms in total. The summed E-state index contributed by atoms with van der Waals surface area (Å²) < 4.78 is 0. The molecule has 2 aromatic rings. The average molecular weight is 251 g/mol. The predicted octanol–water partition coefficient (Wildman–Crippen LogP) is 3.74. The Morgan fingerprint density at radius 1 is 1.21 bits per heavy atom. The van der Waals surface area contributed by atoms with Crippen LogP contribution in [0.5, 0.6) is 0 Å². The molecule has 2 rings (SSSR count). The summed E-state index contributed by atoms with van der Waals surface area (Å²) in [5, 5.41) is 12.6. The highest BCUT2D eigenvalue weighted by molar-refractivity contribution is 5.57. The number of benzene rings is 1. The van der Waals surface area contributed by atoms with Crippen molar-refractivity contribution in [3.63, 3.8) is 0 Å². The first-order valence-electron chi connectivity index (χ1n) is 6.31. The summed E-state index contributed by atoms with van der Waals surface area (Å²) in [6.45, 7) is 5.94. The highest BCUT2D eigenvalue weighted by Crippen LogP contribution is 2.23. The fourth-order valence-corrected chi connectivity index (χ4v) is 2.11. The molecule has 1 aromatic heterocycles. The lowest BCUT2D eigenvalue weighted by Crippen LogP contribution is -2.10. The number of rotatable bonds is 3. The lowest BCUT2D eigenvalue weighted by molar-refractivity contribution is 0.870. The largest absolute Gasteiger partial charge is 0.362 e. The third-order valence-corrected chi connectivity index (χ3v) is 3.11. The van der Waals surface area contributed by atoms with Gasteiger partial charge in [0, 0.05) is 11.7 Å². The van der Waals surface area contributed by atoms with E-state index in [4.69, 9.17) is 0 Å². The first-order valence-corrected chi connectivity index (χ1v) is 6.31. The van der Waals surface area contributed by atoms with Crippen molar-refractivity contribution in [2.75, 3.05) is 5.32 Å². The molecule has 0 amide bonds. The molecule has 0 saturated carbocycles. The summed E-state index contributed by atoms with van der Waals surface area (Å²) in [5.74, 6) is 0.663. The van der Waals surface area contributed by atoms with Gasteiger partial charge < -0.3 is 5.32 Å². The standard InChI is InChI=1S/C16H17N3/c1-11-9-12(2)18-16(15(11)10-17)19-13(3)14-7-5-4-6-8-14/h4-9,13H,1-3H3,(H,18,19)/t13-/m0/s1. The molecule has 1 aromatic carbocycles. The molecule has 0 aliphatic carbocycles. The molecule has 0 fully saturated rings. The van der Waals surface area contributed by atoms with Gasteiger partial charge in [-0.25, -0.2) is 4.98 Å². The second kappa shape index (κ2) is 5.53. The third kappa shape index (κ3) is 2.92. The molecule has 0 radical (unpaired) electrons. The van der Waals surface area contributed by atoms with Gasteiger partial charge >= 0.3 is 0 Å². The highest BCUT2D eigenvalue weighted by atomic mass is 15.0. The zero-order valence-corrected chi connectivity index (χ0v) is 11.4. The minimum atomic E-state index is 0.113. The first kappa shape index (κ1) is 13.1. The van der Waals surface area contributed by atoms with Crippen LogP contribution in [-0.4, -0.2) is 4.98 Å². The predicted molar refractivity (Wildman–Crippen MR) is 76.9 cm³/mol. The van der Waals surface area contributed by atoms with Gasteiger partial charge in [-0.1, -0.05) is 30.3 Å². The molecule has 0 unspecified atom stereocenters. The van der Waals surface area contributed by atoms with E-state index in [-0.39, 0.29) is 6.04 Å². The molecule has 1 heterocycles. The van der Waals surface area contributed by atoms with E-state index in [1.54, 1.807) is 0 Å². The summed E-state index contributed by atoms with van der Waals surface area (Å²) in [6, 6.07) is 14.4. The quantitative estimate of drug-likeness (QED) is 0.904. The molecular weight excluding hydrogens is 234 g/mol. The van der Waals surface area contributed by atoms with Crippen LogP contribution < -0.4 is 5.32 Å². The smallest absolute Gasteiger partial charge is 0.144 e. The lowest BCUT2D eigenvalue weighted by atomic mass is 10.1.